The van der Waals surface area contributed by atoms with E-state index in [1.165, 1.54) is 12.3 Å². The number of ether oxygens (including phenoxy) is 1. The Morgan fingerprint density at radius 2 is 2.08 bits per heavy atom. The molecule has 3 heterocycles. The number of halogens is 2. The fourth-order valence-electron chi connectivity index (χ4n) is 4.65. The number of alkyl halides is 2. The van der Waals surface area contributed by atoms with Crippen molar-refractivity contribution in [3.8, 4) is 5.88 Å². The van der Waals surface area contributed by atoms with Crippen LogP contribution in [0.15, 0.2) is 48.7 Å². The Hall–Kier alpha value is -3.86. The lowest BCUT2D eigenvalue weighted by atomic mass is 10.1. The summed E-state index contributed by atoms with van der Waals surface area (Å²) in [6, 6.07) is 8.20. The minimum Gasteiger partial charge on any atom is -0.417 e. The number of nitrogens with zero attached hydrogens (tertiary/aromatic N) is 5. The van der Waals surface area contributed by atoms with Gasteiger partial charge in [0.2, 0.25) is 17.7 Å². The summed E-state index contributed by atoms with van der Waals surface area (Å²) in [5, 5.41) is 2.85. The molecule has 4 rings (SSSR count). The third-order valence-corrected chi connectivity index (χ3v) is 6.40. The van der Waals surface area contributed by atoms with E-state index in [9.17, 15) is 18.4 Å². The van der Waals surface area contributed by atoms with Crippen molar-refractivity contribution < 1.29 is 23.1 Å². The number of carbonyl (C=O) groups excluding carboxylic acids is 2. The van der Waals surface area contributed by atoms with Gasteiger partial charge in [-0.3, -0.25) is 14.9 Å². The molecule has 1 aliphatic rings. The first-order valence-electron chi connectivity index (χ1n) is 12.5. The van der Waals surface area contributed by atoms with Crippen molar-refractivity contribution in [2.75, 3.05) is 39.0 Å². The van der Waals surface area contributed by atoms with Crippen molar-refractivity contribution in [3.63, 3.8) is 0 Å². The molecule has 1 atom stereocenters. The van der Waals surface area contributed by atoms with Gasteiger partial charge < -0.3 is 19.1 Å². The molecule has 1 aromatic carbocycles. The van der Waals surface area contributed by atoms with Crippen LogP contribution in [0.3, 0.4) is 0 Å². The van der Waals surface area contributed by atoms with Gasteiger partial charge in [0.25, 0.3) is 5.91 Å². The zero-order valence-electron chi connectivity index (χ0n) is 21.7. The molecule has 3 aromatic rings. The molecule has 11 heteroatoms. The van der Waals surface area contributed by atoms with Gasteiger partial charge >= 0.3 is 6.61 Å². The Morgan fingerprint density at radius 3 is 2.84 bits per heavy atom. The highest BCUT2D eigenvalue weighted by Gasteiger charge is 2.27. The molecule has 0 saturated carbocycles. The van der Waals surface area contributed by atoms with E-state index in [4.69, 9.17) is 4.98 Å². The number of fused-ring (bicyclic) bond motifs is 1. The lowest BCUT2D eigenvalue weighted by molar-refractivity contribution is -0.126. The van der Waals surface area contributed by atoms with E-state index in [0.29, 0.717) is 31.1 Å². The zero-order chi connectivity index (χ0) is 27.2. The standard InChI is InChI=1S/C27H32F2N6O3/c1-18-8-6-10-21-24(18)35(20-9-4-5-15-34(17-20)23(36)11-7-14-33(2)3)27(31-21)32-25(37)19-12-13-30-22(16-19)38-26(28)29/h6-8,10-13,16,20,26H,4-5,9,14-15,17H2,1-3H3,(H,31,32,37). The van der Waals surface area contributed by atoms with Crippen LogP contribution in [0.2, 0.25) is 0 Å². The molecular weight excluding hydrogens is 494 g/mol. The van der Waals surface area contributed by atoms with Gasteiger partial charge in [-0.15, -0.1) is 0 Å². The van der Waals surface area contributed by atoms with Gasteiger partial charge in [-0.05, 0) is 58.0 Å². The highest BCUT2D eigenvalue weighted by Crippen LogP contribution is 2.32. The van der Waals surface area contributed by atoms with Crippen LogP contribution in [0.4, 0.5) is 14.7 Å². The van der Waals surface area contributed by atoms with E-state index < -0.39 is 12.5 Å². The number of hydrogen-bond donors (Lipinski definition) is 1. The lowest BCUT2D eigenvalue weighted by Gasteiger charge is -2.26. The van der Waals surface area contributed by atoms with Gasteiger partial charge in [-0.25, -0.2) is 9.97 Å². The molecule has 1 fully saturated rings. The van der Waals surface area contributed by atoms with Gasteiger partial charge in [-0.1, -0.05) is 18.2 Å². The van der Waals surface area contributed by atoms with Crippen LogP contribution in [0, 0.1) is 6.92 Å². The average molecular weight is 527 g/mol. The Kier molecular flexibility index (Phi) is 8.67. The second kappa shape index (κ2) is 12.1. The zero-order valence-corrected chi connectivity index (χ0v) is 21.7. The molecule has 0 spiro atoms. The predicted octanol–water partition coefficient (Wildman–Crippen LogP) is 4.26. The molecule has 0 radical (unpaired) electrons. The summed E-state index contributed by atoms with van der Waals surface area (Å²) in [7, 11) is 3.88. The van der Waals surface area contributed by atoms with Crippen molar-refractivity contribution in [1.29, 1.82) is 0 Å². The lowest BCUT2D eigenvalue weighted by Crippen LogP contribution is -2.35. The van der Waals surface area contributed by atoms with Crippen LogP contribution >= 0.6 is 0 Å². The smallest absolute Gasteiger partial charge is 0.388 e. The largest absolute Gasteiger partial charge is 0.417 e. The van der Waals surface area contributed by atoms with E-state index in [0.717, 1.165) is 36.4 Å². The SMILES string of the molecule is Cc1cccc2nc(NC(=O)c3ccnc(OC(F)F)c3)n(C3CCCCN(C(=O)C=CCN(C)C)C3)c12. The molecule has 0 aliphatic carbocycles. The topological polar surface area (TPSA) is 92.6 Å². The first-order valence-corrected chi connectivity index (χ1v) is 12.5. The second-order valence-corrected chi connectivity index (χ2v) is 9.56. The van der Waals surface area contributed by atoms with E-state index in [-0.39, 0.29) is 23.4 Å². The first kappa shape index (κ1) is 27.2. The second-order valence-electron chi connectivity index (χ2n) is 9.56. The molecule has 38 heavy (non-hydrogen) atoms. The van der Waals surface area contributed by atoms with E-state index >= 15 is 0 Å². The molecule has 202 valence electrons. The molecule has 2 amide bonds. The minimum atomic E-state index is -3.05. The van der Waals surface area contributed by atoms with E-state index in [2.05, 4.69) is 15.0 Å². The number of benzene rings is 1. The molecule has 1 aliphatic heterocycles. The van der Waals surface area contributed by atoms with Crippen LogP contribution in [-0.4, -0.2) is 76.5 Å². The summed E-state index contributed by atoms with van der Waals surface area (Å²) in [5.74, 6) is -0.602. The number of amides is 2. The fraction of sp³-hybridized carbons (Fsp3) is 0.407. The van der Waals surface area contributed by atoms with Crippen molar-refractivity contribution in [1.82, 2.24) is 24.3 Å². The molecule has 1 saturated heterocycles. The number of likely N-dealkylation sites (N-methyl/N-ethyl adjacent to an activating group) is 1. The Morgan fingerprint density at radius 1 is 1.26 bits per heavy atom. The van der Waals surface area contributed by atoms with Crippen molar-refractivity contribution >= 4 is 28.8 Å². The van der Waals surface area contributed by atoms with Crippen LogP contribution in [0.1, 0.15) is 41.2 Å². The van der Waals surface area contributed by atoms with E-state index in [1.807, 2.05) is 59.7 Å². The predicted molar refractivity (Wildman–Crippen MR) is 140 cm³/mol. The summed E-state index contributed by atoms with van der Waals surface area (Å²) in [6.07, 6.45) is 7.29. The third kappa shape index (κ3) is 6.52. The van der Waals surface area contributed by atoms with Crippen molar-refractivity contribution in [3.05, 3.63) is 59.8 Å². The first-order chi connectivity index (χ1) is 18.2. The summed E-state index contributed by atoms with van der Waals surface area (Å²) in [4.78, 5) is 38.4. The highest BCUT2D eigenvalue weighted by atomic mass is 19.3. The molecule has 0 bridgehead atoms. The number of rotatable bonds is 8. The number of pyridine rings is 1. The number of aryl methyl sites for hydroxylation is 1. The number of likely N-dealkylation sites (tertiary alicyclic amines) is 1. The number of nitrogens with one attached hydrogen (secondary N) is 1. The molecule has 1 N–H and O–H groups in total. The molecule has 9 nitrogen and oxygen atoms in total. The minimum absolute atomic E-state index is 0.0474. The van der Waals surface area contributed by atoms with Gasteiger partial charge in [0.05, 0.1) is 17.1 Å². The molecule has 2 aromatic heterocycles. The number of aromatic nitrogens is 3. The van der Waals surface area contributed by atoms with Crippen molar-refractivity contribution in [2.45, 2.75) is 38.8 Å². The normalized spacial score (nSPS) is 16.4. The monoisotopic (exact) mass is 526 g/mol. The maximum absolute atomic E-state index is 13.1. The van der Waals surface area contributed by atoms with Crippen LogP contribution < -0.4 is 10.1 Å². The summed E-state index contributed by atoms with van der Waals surface area (Å²) in [5.41, 5.74) is 2.68. The number of carbonyl (C=O) groups is 2. The molecular formula is C27H32F2N6O3. The Labute approximate surface area is 220 Å². The number of imidazole rings is 1. The number of para-hydroxylation sites is 1. The Bertz CT molecular complexity index is 1320. The van der Waals surface area contributed by atoms with Crippen LogP contribution in [-0.2, 0) is 4.79 Å². The van der Waals surface area contributed by atoms with Crippen LogP contribution in [0.5, 0.6) is 5.88 Å². The maximum Gasteiger partial charge on any atom is 0.388 e. The fourth-order valence-corrected chi connectivity index (χ4v) is 4.65. The average Bonchev–Trinajstić information content (AvgIpc) is 3.05. The van der Waals surface area contributed by atoms with Gasteiger partial charge in [0, 0.05) is 43.5 Å². The van der Waals surface area contributed by atoms with Gasteiger partial charge in [0.15, 0.2) is 0 Å². The Balaban J connectivity index is 1.65. The number of hydrogen-bond acceptors (Lipinski definition) is 6. The van der Waals surface area contributed by atoms with Gasteiger partial charge in [0.1, 0.15) is 0 Å². The third-order valence-electron chi connectivity index (χ3n) is 6.40. The maximum atomic E-state index is 13.1. The quantitative estimate of drug-likeness (QED) is 0.441. The summed E-state index contributed by atoms with van der Waals surface area (Å²) in [6.45, 7) is 0.719. The van der Waals surface area contributed by atoms with Gasteiger partial charge in [-0.2, -0.15) is 8.78 Å². The van der Waals surface area contributed by atoms with E-state index in [1.54, 1.807) is 6.08 Å². The summed E-state index contributed by atoms with van der Waals surface area (Å²) < 4.78 is 31.6. The highest BCUT2D eigenvalue weighted by molar-refractivity contribution is 6.04. The summed E-state index contributed by atoms with van der Waals surface area (Å²) >= 11 is 0. The number of anilines is 1. The van der Waals surface area contributed by atoms with Crippen LogP contribution in [0.25, 0.3) is 11.0 Å². The molecule has 1 unspecified atom stereocenters. The van der Waals surface area contributed by atoms with Crippen molar-refractivity contribution in [2.24, 2.45) is 0 Å².